The van der Waals surface area contributed by atoms with Gasteiger partial charge in [0.15, 0.2) is 0 Å². The van der Waals surface area contributed by atoms with Crippen LogP contribution in [0.1, 0.15) is 5.56 Å². The minimum absolute atomic E-state index is 0.814. The van der Waals surface area contributed by atoms with E-state index < -0.39 is 0 Å². The van der Waals surface area contributed by atoms with Gasteiger partial charge in [-0.3, -0.25) is 0 Å². The van der Waals surface area contributed by atoms with Gasteiger partial charge in [0.1, 0.15) is 16.1 Å². The summed E-state index contributed by atoms with van der Waals surface area (Å²) in [5.41, 5.74) is 3.02. The van der Waals surface area contributed by atoms with Crippen LogP contribution in [0.15, 0.2) is 41.0 Å². The zero-order chi connectivity index (χ0) is 15.0. The third-order valence-electron chi connectivity index (χ3n) is 3.45. The Morgan fingerprint density at radius 2 is 1.67 bits per heavy atom. The minimum atomic E-state index is 0.814. The summed E-state index contributed by atoms with van der Waals surface area (Å²) in [5, 5.41) is 5.67. The molecule has 0 aliphatic heterocycles. The van der Waals surface area contributed by atoms with Gasteiger partial charge >= 0.3 is 0 Å². The zero-order valence-electron chi connectivity index (χ0n) is 12.1. The molecule has 4 nitrogen and oxygen atoms in total. The first-order valence-electron chi connectivity index (χ1n) is 6.51. The molecule has 108 valence electrons. The van der Waals surface area contributed by atoms with Gasteiger partial charge in [0, 0.05) is 5.39 Å². The molecule has 0 bridgehead atoms. The summed E-state index contributed by atoms with van der Waals surface area (Å²) < 4.78 is 13.3. The number of hydrogen-bond donors (Lipinski definition) is 0. The van der Waals surface area contributed by atoms with Gasteiger partial charge < -0.3 is 9.47 Å². The van der Waals surface area contributed by atoms with Gasteiger partial charge in [0.25, 0.3) is 0 Å². The highest BCUT2D eigenvalue weighted by Gasteiger charge is 2.13. The molecule has 0 aliphatic rings. The second-order valence-electron chi connectivity index (χ2n) is 4.74. The van der Waals surface area contributed by atoms with E-state index in [9.17, 15) is 0 Å². The van der Waals surface area contributed by atoms with Crippen molar-refractivity contribution < 1.29 is 9.47 Å². The van der Waals surface area contributed by atoms with Crippen molar-refractivity contribution >= 4 is 26.8 Å². The molecule has 0 fully saturated rings. The van der Waals surface area contributed by atoms with E-state index in [1.807, 2.05) is 48.0 Å². The Morgan fingerprint density at radius 1 is 1.00 bits per heavy atom. The van der Waals surface area contributed by atoms with Crippen LogP contribution in [0.3, 0.4) is 0 Å². The van der Waals surface area contributed by atoms with Crippen molar-refractivity contribution in [1.82, 2.24) is 9.78 Å². The zero-order valence-corrected chi connectivity index (χ0v) is 13.6. The monoisotopic (exact) mass is 346 g/mol. The molecule has 0 atom stereocenters. The van der Waals surface area contributed by atoms with Crippen LogP contribution >= 0.6 is 15.9 Å². The lowest BCUT2D eigenvalue weighted by atomic mass is 10.2. The normalized spacial score (nSPS) is 10.9. The molecule has 0 saturated heterocycles. The van der Waals surface area contributed by atoms with E-state index in [1.54, 1.807) is 14.2 Å². The molecule has 1 aromatic heterocycles. The molecule has 0 radical (unpaired) electrons. The number of methoxy groups -OCH3 is 2. The van der Waals surface area contributed by atoms with E-state index in [1.165, 1.54) is 0 Å². The lowest BCUT2D eigenvalue weighted by Gasteiger charge is -2.09. The highest BCUT2D eigenvalue weighted by atomic mass is 79.9. The number of fused-ring (bicyclic) bond motifs is 1. The minimum Gasteiger partial charge on any atom is -0.497 e. The van der Waals surface area contributed by atoms with E-state index in [2.05, 4.69) is 21.0 Å². The molecule has 5 heteroatoms. The molecule has 3 rings (SSSR count). The largest absolute Gasteiger partial charge is 0.497 e. The van der Waals surface area contributed by atoms with Gasteiger partial charge in [-0.25, -0.2) is 4.68 Å². The molecule has 3 aromatic rings. The molecule has 0 amide bonds. The summed E-state index contributed by atoms with van der Waals surface area (Å²) >= 11 is 3.64. The Hall–Kier alpha value is -2.01. The molecular formula is C16H15BrN2O2. The molecule has 0 unspecified atom stereocenters. The van der Waals surface area contributed by atoms with Crippen LogP contribution in [-0.4, -0.2) is 24.0 Å². The first kappa shape index (κ1) is 13.9. The molecule has 0 N–H and O–H groups in total. The first-order chi connectivity index (χ1) is 10.1. The maximum absolute atomic E-state index is 5.27. The summed E-state index contributed by atoms with van der Waals surface area (Å²) in [7, 11) is 3.33. The lowest BCUT2D eigenvalue weighted by Crippen LogP contribution is -1.99. The summed E-state index contributed by atoms with van der Waals surface area (Å²) in [6, 6.07) is 11.8. The average Bonchev–Trinajstić information content (AvgIpc) is 2.83. The van der Waals surface area contributed by atoms with Gasteiger partial charge in [-0.2, -0.15) is 5.10 Å². The van der Waals surface area contributed by atoms with E-state index >= 15 is 0 Å². The second-order valence-corrected chi connectivity index (χ2v) is 5.49. The van der Waals surface area contributed by atoms with Crippen LogP contribution in [0.5, 0.6) is 11.5 Å². The van der Waals surface area contributed by atoms with Crippen molar-refractivity contribution in [3.8, 4) is 17.2 Å². The average molecular weight is 347 g/mol. The number of benzene rings is 2. The Kier molecular flexibility index (Phi) is 3.59. The first-order valence-corrected chi connectivity index (χ1v) is 7.30. The van der Waals surface area contributed by atoms with Crippen molar-refractivity contribution in [2.24, 2.45) is 0 Å². The Labute approximate surface area is 131 Å². The van der Waals surface area contributed by atoms with Crippen LogP contribution < -0.4 is 9.47 Å². The van der Waals surface area contributed by atoms with Gasteiger partial charge in [-0.05, 0) is 64.8 Å². The summed E-state index contributed by atoms with van der Waals surface area (Å²) in [6.07, 6.45) is 0. The molecule has 1 heterocycles. The van der Waals surface area contributed by atoms with E-state index in [0.29, 0.717) is 0 Å². The topological polar surface area (TPSA) is 36.3 Å². The fourth-order valence-electron chi connectivity index (χ4n) is 2.31. The predicted molar refractivity (Wildman–Crippen MR) is 86.6 cm³/mol. The third kappa shape index (κ3) is 2.38. The molecule has 2 aromatic carbocycles. The van der Waals surface area contributed by atoms with E-state index in [-0.39, 0.29) is 0 Å². The number of aromatic nitrogens is 2. The number of aryl methyl sites for hydroxylation is 1. The Bertz CT molecular complexity index is 811. The highest BCUT2D eigenvalue weighted by Crippen LogP contribution is 2.31. The third-order valence-corrected chi connectivity index (χ3v) is 4.21. The van der Waals surface area contributed by atoms with Gasteiger partial charge in [-0.15, -0.1) is 0 Å². The Morgan fingerprint density at radius 3 is 2.33 bits per heavy atom. The van der Waals surface area contributed by atoms with Crippen LogP contribution in [0.4, 0.5) is 0 Å². The SMILES string of the molecule is COc1ccc(-n2nc3ccc(OC)cc3c2Br)c(C)c1. The van der Waals surface area contributed by atoms with Crippen molar-refractivity contribution in [3.63, 3.8) is 0 Å². The van der Waals surface area contributed by atoms with Crippen LogP contribution in [0.2, 0.25) is 0 Å². The quantitative estimate of drug-likeness (QED) is 0.715. The summed E-state index contributed by atoms with van der Waals surface area (Å²) in [4.78, 5) is 0. The summed E-state index contributed by atoms with van der Waals surface area (Å²) in [5.74, 6) is 1.65. The van der Waals surface area contributed by atoms with Crippen molar-refractivity contribution in [2.45, 2.75) is 6.92 Å². The predicted octanol–water partition coefficient (Wildman–Crippen LogP) is 4.11. The molecule has 0 saturated carbocycles. The number of nitrogens with zero attached hydrogens (tertiary/aromatic N) is 2. The van der Waals surface area contributed by atoms with Crippen molar-refractivity contribution in [3.05, 3.63) is 46.6 Å². The Balaban J connectivity index is 2.18. The lowest BCUT2D eigenvalue weighted by molar-refractivity contribution is 0.414. The number of hydrogen-bond acceptors (Lipinski definition) is 3. The summed E-state index contributed by atoms with van der Waals surface area (Å²) in [6.45, 7) is 2.04. The maximum atomic E-state index is 5.27. The van der Waals surface area contributed by atoms with Crippen molar-refractivity contribution in [2.75, 3.05) is 14.2 Å². The van der Waals surface area contributed by atoms with E-state index in [0.717, 1.165) is 38.3 Å². The van der Waals surface area contributed by atoms with Gasteiger partial charge in [-0.1, -0.05) is 0 Å². The fraction of sp³-hybridized carbons (Fsp3) is 0.188. The fourth-order valence-corrected chi connectivity index (χ4v) is 2.90. The van der Waals surface area contributed by atoms with Crippen LogP contribution in [0.25, 0.3) is 16.6 Å². The highest BCUT2D eigenvalue weighted by molar-refractivity contribution is 9.10. The maximum Gasteiger partial charge on any atom is 0.119 e. The number of ether oxygens (including phenoxy) is 2. The van der Waals surface area contributed by atoms with Crippen LogP contribution in [0, 0.1) is 6.92 Å². The number of halogens is 1. The molecule has 0 spiro atoms. The molecular weight excluding hydrogens is 332 g/mol. The van der Waals surface area contributed by atoms with Crippen molar-refractivity contribution in [1.29, 1.82) is 0 Å². The molecule has 0 aliphatic carbocycles. The number of rotatable bonds is 3. The van der Waals surface area contributed by atoms with Gasteiger partial charge in [0.2, 0.25) is 0 Å². The van der Waals surface area contributed by atoms with E-state index in [4.69, 9.17) is 9.47 Å². The molecule has 21 heavy (non-hydrogen) atoms. The van der Waals surface area contributed by atoms with Gasteiger partial charge in [0.05, 0.1) is 25.4 Å². The standard InChI is InChI=1S/C16H15BrN2O2/c1-10-8-11(20-2)5-7-15(10)19-16(17)13-9-12(21-3)4-6-14(13)18-19/h4-9H,1-3H3. The second kappa shape index (κ2) is 5.41. The smallest absolute Gasteiger partial charge is 0.119 e. The van der Waals surface area contributed by atoms with Crippen LogP contribution in [-0.2, 0) is 0 Å².